The number of hydrogen-bond donors (Lipinski definition) is 1. The maximum atomic E-state index is 6.17. The van der Waals surface area contributed by atoms with Gasteiger partial charge in [-0.1, -0.05) is 51.8 Å². The van der Waals surface area contributed by atoms with Crippen molar-refractivity contribution in [2.45, 2.75) is 6.04 Å². The van der Waals surface area contributed by atoms with Crippen LogP contribution in [0.15, 0.2) is 57.4 Å². The van der Waals surface area contributed by atoms with Crippen molar-refractivity contribution in [2.75, 3.05) is 7.05 Å². The Bertz CT molecular complexity index is 753. The molecule has 102 valence electrons. The van der Waals surface area contributed by atoms with E-state index < -0.39 is 0 Å². The van der Waals surface area contributed by atoms with Crippen LogP contribution in [0.25, 0.3) is 11.0 Å². The van der Waals surface area contributed by atoms with Crippen LogP contribution >= 0.6 is 27.5 Å². The molecule has 1 aromatic heterocycles. The van der Waals surface area contributed by atoms with Gasteiger partial charge in [0.1, 0.15) is 5.76 Å². The molecule has 1 atom stereocenters. The normalized spacial score (nSPS) is 12.8. The van der Waals surface area contributed by atoms with Crippen molar-refractivity contribution in [1.82, 2.24) is 5.32 Å². The smallest absolute Gasteiger partial charge is 0.152 e. The van der Waals surface area contributed by atoms with Gasteiger partial charge in [-0.3, -0.25) is 0 Å². The highest BCUT2D eigenvalue weighted by atomic mass is 79.9. The van der Waals surface area contributed by atoms with E-state index in [2.05, 4.69) is 33.4 Å². The maximum Gasteiger partial charge on any atom is 0.152 e. The van der Waals surface area contributed by atoms with Gasteiger partial charge in [-0.05, 0) is 36.9 Å². The highest BCUT2D eigenvalue weighted by Gasteiger charge is 2.17. The molecule has 0 saturated heterocycles. The second kappa shape index (κ2) is 5.60. The van der Waals surface area contributed by atoms with Crippen molar-refractivity contribution >= 4 is 38.5 Å². The van der Waals surface area contributed by atoms with E-state index in [1.54, 1.807) is 0 Å². The van der Waals surface area contributed by atoms with E-state index in [4.69, 9.17) is 16.0 Å². The van der Waals surface area contributed by atoms with Crippen molar-refractivity contribution in [2.24, 2.45) is 0 Å². The fraction of sp³-hybridized carbons (Fsp3) is 0.125. The van der Waals surface area contributed by atoms with Gasteiger partial charge in [0.15, 0.2) is 5.58 Å². The predicted octanol–water partition coefficient (Wildman–Crippen LogP) is 5.16. The third-order valence-electron chi connectivity index (χ3n) is 3.27. The van der Waals surface area contributed by atoms with Gasteiger partial charge in [0.05, 0.1) is 11.1 Å². The fourth-order valence-electron chi connectivity index (χ4n) is 2.35. The van der Waals surface area contributed by atoms with Gasteiger partial charge in [-0.2, -0.15) is 0 Å². The molecule has 20 heavy (non-hydrogen) atoms. The molecule has 3 aromatic rings. The first kappa shape index (κ1) is 13.7. The van der Waals surface area contributed by atoms with Crippen molar-refractivity contribution in [3.05, 3.63) is 69.3 Å². The SMILES string of the molecule is CNC(c1cccc(Br)c1)c1cc2cccc(Cl)c2o1. The lowest BCUT2D eigenvalue weighted by Gasteiger charge is -2.14. The Morgan fingerprint density at radius 3 is 2.65 bits per heavy atom. The van der Waals surface area contributed by atoms with Crippen LogP contribution in [0.4, 0.5) is 0 Å². The molecule has 2 aromatic carbocycles. The van der Waals surface area contributed by atoms with Crippen LogP contribution in [0.5, 0.6) is 0 Å². The average molecular weight is 351 g/mol. The van der Waals surface area contributed by atoms with E-state index in [0.717, 1.165) is 26.8 Å². The summed E-state index contributed by atoms with van der Waals surface area (Å²) in [6.45, 7) is 0. The molecule has 0 saturated carbocycles. The zero-order valence-electron chi connectivity index (χ0n) is 10.9. The van der Waals surface area contributed by atoms with Crippen LogP contribution in [0, 0.1) is 0 Å². The molecule has 0 aliphatic rings. The first-order chi connectivity index (χ1) is 9.69. The van der Waals surface area contributed by atoms with E-state index in [1.807, 2.05) is 43.4 Å². The zero-order chi connectivity index (χ0) is 14.1. The van der Waals surface area contributed by atoms with Gasteiger partial charge in [-0.15, -0.1) is 0 Å². The van der Waals surface area contributed by atoms with Crippen molar-refractivity contribution in [3.8, 4) is 0 Å². The van der Waals surface area contributed by atoms with Crippen LogP contribution in [0.3, 0.4) is 0 Å². The summed E-state index contributed by atoms with van der Waals surface area (Å²) in [6.07, 6.45) is 0. The number of benzene rings is 2. The van der Waals surface area contributed by atoms with E-state index in [0.29, 0.717) is 5.02 Å². The van der Waals surface area contributed by atoms with E-state index in [-0.39, 0.29) is 6.04 Å². The number of nitrogens with one attached hydrogen (secondary N) is 1. The third-order valence-corrected chi connectivity index (χ3v) is 4.06. The van der Waals surface area contributed by atoms with Gasteiger partial charge < -0.3 is 9.73 Å². The maximum absolute atomic E-state index is 6.17. The molecule has 0 aliphatic heterocycles. The molecule has 2 nitrogen and oxygen atoms in total. The lowest BCUT2D eigenvalue weighted by Crippen LogP contribution is -2.16. The number of rotatable bonds is 3. The molecule has 0 bridgehead atoms. The summed E-state index contributed by atoms with van der Waals surface area (Å²) in [5, 5.41) is 4.94. The molecule has 0 aliphatic carbocycles. The number of para-hydroxylation sites is 1. The fourth-order valence-corrected chi connectivity index (χ4v) is 2.99. The van der Waals surface area contributed by atoms with Gasteiger partial charge in [0.2, 0.25) is 0 Å². The van der Waals surface area contributed by atoms with E-state index in [1.165, 1.54) is 0 Å². The van der Waals surface area contributed by atoms with Crippen molar-refractivity contribution in [3.63, 3.8) is 0 Å². The Kier molecular flexibility index (Phi) is 3.83. The molecular formula is C16H13BrClNO. The summed E-state index contributed by atoms with van der Waals surface area (Å²) in [6, 6.07) is 16.0. The lowest BCUT2D eigenvalue weighted by molar-refractivity contribution is 0.491. The Balaban J connectivity index is 2.09. The topological polar surface area (TPSA) is 25.2 Å². The number of furan rings is 1. The Morgan fingerprint density at radius 1 is 1.15 bits per heavy atom. The van der Waals surface area contributed by atoms with Crippen LogP contribution in [0.1, 0.15) is 17.4 Å². The monoisotopic (exact) mass is 349 g/mol. The molecular weight excluding hydrogens is 338 g/mol. The standard InChI is InChI=1S/C16H13BrClNO/c1-19-15(10-4-2-6-12(17)8-10)14-9-11-5-3-7-13(18)16(11)20-14/h2-9,15,19H,1H3. The number of fused-ring (bicyclic) bond motifs is 1. The largest absolute Gasteiger partial charge is 0.457 e. The highest BCUT2D eigenvalue weighted by Crippen LogP contribution is 2.32. The predicted molar refractivity (Wildman–Crippen MR) is 86.3 cm³/mol. The molecule has 3 rings (SSSR count). The van der Waals surface area contributed by atoms with Crippen molar-refractivity contribution in [1.29, 1.82) is 0 Å². The second-order valence-corrected chi connectivity index (χ2v) is 5.91. The molecule has 0 radical (unpaired) electrons. The Morgan fingerprint density at radius 2 is 1.95 bits per heavy atom. The number of halogens is 2. The summed E-state index contributed by atoms with van der Waals surface area (Å²) in [5.74, 6) is 0.855. The summed E-state index contributed by atoms with van der Waals surface area (Å²) in [7, 11) is 1.92. The highest BCUT2D eigenvalue weighted by molar-refractivity contribution is 9.10. The van der Waals surface area contributed by atoms with Crippen LogP contribution in [0.2, 0.25) is 5.02 Å². The Hall–Kier alpha value is -1.29. The zero-order valence-corrected chi connectivity index (χ0v) is 13.2. The van der Waals surface area contributed by atoms with Gasteiger partial charge in [0.25, 0.3) is 0 Å². The van der Waals surface area contributed by atoms with E-state index in [9.17, 15) is 0 Å². The third kappa shape index (κ3) is 2.49. The number of hydrogen-bond acceptors (Lipinski definition) is 2. The van der Waals surface area contributed by atoms with E-state index >= 15 is 0 Å². The van der Waals surface area contributed by atoms with Gasteiger partial charge in [-0.25, -0.2) is 0 Å². The van der Waals surface area contributed by atoms with Gasteiger partial charge >= 0.3 is 0 Å². The first-order valence-electron chi connectivity index (χ1n) is 6.29. The average Bonchev–Trinajstić information content (AvgIpc) is 2.85. The molecule has 0 fully saturated rings. The van der Waals surface area contributed by atoms with Crippen LogP contribution in [-0.4, -0.2) is 7.05 Å². The quantitative estimate of drug-likeness (QED) is 0.706. The minimum Gasteiger partial charge on any atom is -0.457 e. The summed E-state index contributed by atoms with van der Waals surface area (Å²) in [5.41, 5.74) is 1.87. The molecule has 1 unspecified atom stereocenters. The summed E-state index contributed by atoms with van der Waals surface area (Å²) in [4.78, 5) is 0. The Labute approximate surface area is 130 Å². The van der Waals surface area contributed by atoms with Crippen LogP contribution in [-0.2, 0) is 0 Å². The van der Waals surface area contributed by atoms with Gasteiger partial charge in [0, 0.05) is 9.86 Å². The summed E-state index contributed by atoms with van der Waals surface area (Å²) < 4.78 is 6.98. The molecule has 1 N–H and O–H groups in total. The molecule has 1 heterocycles. The first-order valence-corrected chi connectivity index (χ1v) is 7.47. The van der Waals surface area contributed by atoms with Crippen LogP contribution < -0.4 is 5.32 Å². The summed E-state index contributed by atoms with van der Waals surface area (Å²) >= 11 is 9.67. The molecule has 0 spiro atoms. The minimum atomic E-state index is -0.00373. The lowest BCUT2D eigenvalue weighted by atomic mass is 10.0. The van der Waals surface area contributed by atoms with Crippen molar-refractivity contribution < 1.29 is 4.42 Å². The molecule has 0 amide bonds. The molecule has 4 heteroatoms. The second-order valence-electron chi connectivity index (χ2n) is 4.58. The minimum absolute atomic E-state index is 0.00373.